The van der Waals surface area contributed by atoms with E-state index in [1.807, 2.05) is 25.2 Å². The van der Waals surface area contributed by atoms with Crippen molar-refractivity contribution in [1.82, 2.24) is 25.3 Å². The molecule has 0 atom stereocenters. The Kier molecular flexibility index (Phi) is 8.01. The molecular weight excluding hydrogens is 438 g/mol. The minimum atomic E-state index is 0.233. The van der Waals surface area contributed by atoms with Crippen molar-refractivity contribution in [3.05, 3.63) is 30.3 Å². The van der Waals surface area contributed by atoms with Crippen molar-refractivity contribution in [1.29, 1.82) is 0 Å². The second kappa shape index (κ2) is 11.5. The Morgan fingerprint density at radius 2 is 1.71 bits per heavy atom. The standard InChI is InChI=1S/C27H41N7O/c1-28-27-25(20-24(30-31-27)23-4-2-3-5-26(23)35)34-18-16-33(17-19-34)22-9-14-32(15-10-22)13-8-21-6-11-29-12-7-21/h2-5,20-22,29,35H,6-19H2,1H3,(H,28,31). The summed E-state index contributed by atoms with van der Waals surface area (Å²) in [7, 11) is 1.89. The lowest BCUT2D eigenvalue weighted by atomic mass is 9.94. The number of phenolic OH excluding ortho intramolecular Hbond substituents is 1. The van der Waals surface area contributed by atoms with Crippen molar-refractivity contribution in [3.63, 3.8) is 0 Å². The summed E-state index contributed by atoms with van der Waals surface area (Å²) in [6.45, 7) is 10.3. The van der Waals surface area contributed by atoms with Crippen LogP contribution in [0.4, 0.5) is 11.5 Å². The van der Waals surface area contributed by atoms with Crippen LogP contribution in [0.25, 0.3) is 11.3 Å². The third-order valence-electron chi connectivity index (χ3n) is 8.23. The molecule has 0 radical (unpaired) electrons. The molecule has 4 heterocycles. The smallest absolute Gasteiger partial charge is 0.172 e. The Morgan fingerprint density at radius 3 is 2.43 bits per heavy atom. The highest BCUT2D eigenvalue weighted by atomic mass is 16.3. The van der Waals surface area contributed by atoms with Crippen LogP contribution in [-0.2, 0) is 0 Å². The topological polar surface area (TPSA) is 79.8 Å². The molecule has 0 unspecified atom stereocenters. The minimum Gasteiger partial charge on any atom is -0.507 e. The van der Waals surface area contributed by atoms with Gasteiger partial charge in [0.25, 0.3) is 0 Å². The molecular formula is C27H41N7O. The van der Waals surface area contributed by atoms with Crippen LogP contribution in [0.3, 0.4) is 0 Å². The number of nitrogens with zero attached hydrogens (tertiary/aromatic N) is 5. The fourth-order valence-corrected chi connectivity index (χ4v) is 5.99. The van der Waals surface area contributed by atoms with Gasteiger partial charge in [-0.1, -0.05) is 12.1 Å². The average Bonchev–Trinajstić information content (AvgIpc) is 2.93. The van der Waals surface area contributed by atoms with E-state index in [1.165, 1.54) is 64.8 Å². The van der Waals surface area contributed by atoms with Gasteiger partial charge in [0.2, 0.25) is 0 Å². The van der Waals surface area contributed by atoms with E-state index < -0.39 is 0 Å². The lowest BCUT2D eigenvalue weighted by molar-refractivity contribution is 0.0989. The van der Waals surface area contributed by atoms with Crippen molar-refractivity contribution >= 4 is 11.5 Å². The Bertz CT molecular complexity index is 948. The van der Waals surface area contributed by atoms with Crippen LogP contribution in [-0.4, -0.2) is 97.1 Å². The number of rotatable bonds is 7. The SMILES string of the molecule is CNc1nnc(-c2ccccc2O)cc1N1CCN(C2CCN(CCC3CCNCC3)CC2)CC1. The molecule has 3 N–H and O–H groups in total. The van der Waals surface area contributed by atoms with Crippen LogP contribution in [0, 0.1) is 5.92 Å². The Balaban J connectivity index is 1.14. The van der Waals surface area contributed by atoms with Crippen LogP contribution < -0.4 is 15.5 Å². The second-order valence-electron chi connectivity index (χ2n) is 10.3. The van der Waals surface area contributed by atoms with Crippen LogP contribution in [0.15, 0.2) is 30.3 Å². The average molecular weight is 480 g/mol. The summed E-state index contributed by atoms with van der Waals surface area (Å²) >= 11 is 0. The molecule has 2 aromatic rings. The lowest BCUT2D eigenvalue weighted by Gasteiger charge is -2.43. The van der Waals surface area contributed by atoms with E-state index in [0.717, 1.165) is 49.2 Å². The highest BCUT2D eigenvalue weighted by Gasteiger charge is 2.29. The number of piperazine rings is 1. The number of benzene rings is 1. The summed E-state index contributed by atoms with van der Waals surface area (Å²) in [5, 5.41) is 25.7. The summed E-state index contributed by atoms with van der Waals surface area (Å²) in [5.74, 6) is 1.95. The minimum absolute atomic E-state index is 0.233. The molecule has 3 aliphatic rings. The Labute approximate surface area is 209 Å². The predicted octanol–water partition coefficient (Wildman–Crippen LogP) is 2.87. The van der Waals surface area contributed by atoms with E-state index >= 15 is 0 Å². The number of aromatic nitrogens is 2. The van der Waals surface area contributed by atoms with Gasteiger partial charge in [-0.3, -0.25) is 4.90 Å². The third-order valence-corrected chi connectivity index (χ3v) is 8.23. The van der Waals surface area contributed by atoms with Crippen LogP contribution in [0.2, 0.25) is 0 Å². The molecule has 8 nitrogen and oxygen atoms in total. The monoisotopic (exact) mass is 479 g/mol. The van der Waals surface area contributed by atoms with E-state index in [1.54, 1.807) is 6.07 Å². The molecule has 35 heavy (non-hydrogen) atoms. The molecule has 3 fully saturated rings. The highest BCUT2D eigenvalue weighted by molar-refractivity contribution is 5.75. The fourth-order valence-electron chi connectivity index (χ4n) is 5.99. The van der Waals surface area contributed by atoms with Crippen LogP contribution in [0.1, 0.15) is 32.1 Å². The van der Waals surface area contributed by atoms with Gasteiger partial charge in [0, 0.05) is 44.8 Å². The maximum Gasteiger partial charge on any atom is 0.172 e. The van der Waals surface area contributed by atoms with Gasteiger partial charge in [-0.15, -0.1) is 10.2 Å². The maximum absolute atomic E-state index is 10.3. The number of anilines is 2. The molecule has 5 rings (SSSR count). The first-order valence-electron chi connectivity index (χ1n) is 13.5. The number of phenols is 1. The number of para-hydroxylation sites is 1. The van der Waals surface area contributed by atoms with Gasteiger partial charge in [-0.05, 0) is 88.9 Å². The van der Waals surface area contributed by atoms with E-state index in [9.17, 15) is 5.11 Å². The summed E-state index contributed by atoms with van der Waals surface area (Å²) in [5.41, 5.74) is 2.49. The molecule has 0 saturated carbocycles. The molecule has 1 aromatic carbocycles. The van der Waals surface area contributed by atoms with E-state index in [0.29, 0.717) is 11.7 Å². The van der Waals surface area contributed by atoms with Gasteiger partial charge in [0.05, 0.1) is 11.4 Å². The highest BCUT2D eigenvalue weighted by Crippen LogP contribution is 2.33. The maximum atomic E-state index is 10.3. The number of likely N-dealkylation sites (tertiary alicyclic amines) is 1. The molecule has 8 heteroatoms. The van der Waals surface area contributed by atoms with E-state index in [4.69, 9.17) is 0 Å². The van der Waals surface area contributed by atoms with Crippen molar-refractivity contribution in [2.24, 2.45) is 5.92 Å². The van der Waals surface area contributed by atoms with Gasteiger partial charge < -0.3 is 25.5 Å². The fraction of sp³-hybridized carbons (Fsp3) is 0.630. The number of piperidine rings is 2. The third kappa shape index (κ3) is 5.88. The first kappa shape index (κ1) is 24.3. The number of nitrogens with one attached hydrogen (secondary N) is 2. The number of aromatic hydroxyl groups is 1. The van der Waals surface area contributed by atoms with Gasteiger partial charge in [-0.2, -0.15) is 0 Å². The zero-order valence-corrected chi connectivity index (χ0v) is 21.1. The normalized spacial score (nSPS) is 21.3. The predicted molar refractivity (Wildman–Crippen MR) is 142 cm³/mol. The van der Waals surface area contributed by atoms with E-state index in [2.05, 4.69) is 41.6 Å². The Morgan fingerprint density at radius 1 is 0.971 bits per heavy atom. The van der Waals surface area contributed by atoms with Crippen LogP contribution in [0.5, 0.6) is 5.75 Å². The van der Waals surface area contributed by atoms with Crippen LogP contribution >= 0.6 is 0 Å². The summed E-state index contributed by atoms with van der Waals surface area (Å²) < 4.78 is 0. The molecule has 3 aliphatic heterocycles. The second-order valence-corrected chi connectivity index (χ2v) is 10.3. The molecule has 0 amide bonds. The number of hydrogen-bond acceptors (Lipinski definition) is 8. The molecule has 1 aromatic heterocycles. The van der Waals surface area contributed by atoms with Gasteiger partial charge in [0.1, 0.15) is 5.75 Å². The molecule has 0 bridgehead atoms. The van der Waals surface area contributed by atoms with Crippen molar-refractivity contribution in [3.8, 4) is 17.0 Å². The zero-order chi connectivity index (χ0) is 24.0. The lowest BCUT2D eigenvalue weighted by Crippen LogP contribution is -2.53. The summed E-state index contributed by atoms with van der Waals surface area (Å²) in [4.78, 5) is 7.82. The van der Waals surface area contributed by atoms with Crippen molar-refractivity contribution in [2.45, 2.75) is 38.1 Å². The van der Waals surface area contributed by atoms with Gasteiger partial charge in [-0.25, -0.2) is 0 Å². The summed E-state index contributed by atoms with van der Waals surface area (Å²) in [6.07, 6.45) is 6.68. The van der Waals surface area contributed by atoms with Gasteiger partial charge >= 0.3 is 0 Å². The molecule has 0 spiro atoms. The van der Waals surface area contributed by atoms with Crippen molar-refractivity contribution in [2.75, 3.05) is 76.2 Å². The summed E-state index contributed by atoms with van der Waals surface area (Å²) in [6, 6.07) is 10.1. The first-order valence-corrected chi connectivity index (χ1v) is 13.5. The molecule has 0 aliphatic carbocycles. The Hall–Kier alpha value is -2.42. The zero-order valence-electron chi connectivity index (χ0n) is 21.1. The van der Waals surface area contributed by atoms with Gasteiger partial charge in [0.15, 0.2) is 5.82 Å². The quantitative estimate of drug-likeness (QED) is 0.560. The van der Waals surface area contributed by atoms with E-state index in [-0.39, 0.29) is 5.75 Å². The van der Waals surface area contributed by atoms with Crippen molar-refractivity contribution < 1.29 is 5.11 Å². The number of hydrogen-bond donors (Lipinski definition) is 3. The molecule has 190 valence electrons. The molecule has 3 saturated heterocycles. The first-order chi connectivity index (χ1) is 17.2. The largest absolute Gasteiger partial charge is 0.507 e.